The molecule has 6 heteroatoms. The van der Waals surface area contributed by atoms with Gasteiger partial charge in [0.25, 0.3) is 5.91 Å². The van der Waals surface area contributed by atoms with Gasteiger partial charge in [-0.05, 0) is 38.5 Å². The van der Waals surface area contributed by atoms with Crippen molar-refractivity contribution in [1.29, 1.82) is 0 Å². The zero-order valence-electron chi connectivity index (χ0n) is 18.0. The van der Waals surface area contributed by atoms with Crippen molar-refractivity contribution < 1.29 is 19.1 Å². The number of benzene rings is 1. The number of hydrogen-bond acceptors (Lipinski definition) is 4. The zero-order chi connectivity index (χ0) is 21.2. The van der Waals surface area contributed by atoms with Gasteiger partial charge in [-0.3, -0.25) is 19.3 Å². The van der Waals surface area contributed by atoms with Gasteiger partial charge >= 0.3 is 0 Å². The maximum atomic E-state index is 12.6. The van der Waals surface area contributed by atoms with Gasteiger partial charge < -0.3 is 10.1 Å². The molecule has 0 spiro atoms. The maximum absolute atomic E-state index is 12.6. The monoisotopic (exact) mass is 402 g/mol. The first-order valence-electron chi connectivity index (χ1n) is 10.8. The first kappa shape index (κ1) is 22.9. The molecular formula is C23H34N2O4. The largest absolute Gasteiger partial charge is 0.482 e. The van der Waals surface area contributed by atoms with Crippen LogP contribution in [0.1, 0.15) is 82.5 Å². The summed E-state index contributed by atoms with van der Waals surface area (Å²) in [4.78, 5) is 38.2. The first-order chi connectivity index (χ1) is 14.0. The van der Waals surface area contributed by atoms with E-state index in [1.54, 1.807) is 25.1 Å². The SMILES string of the molecule is CCCCCCCCCCNC(=O)C(C)N1C(=O)COc2ccc(C(C)=O)cc21. The number of Topliss-reactive ketones (excluding diaryl/α,β-unsaturated/α-hetero) is 1. The Kier molecular flexibility index (Phi) is 9.16. The maximum Gasteiger partial charge on any atom is 0.265 e. The second-order valence-electron chi connectivity index (χ2n) is 7.73. The third-order valence-electron chi connectivity index (χ3n) is 5.34. The van der Waals surface area contributed by atoms with Gasteiger partial charge in [0.1, 0.15) is 11.8 Å². The van der Waals surface area contributed by atoms with Crippen molar-refractivity contribution in [2.24, 2.45) is 0 Å². The third-order valence-corrected chi connectivity index (χ3v) is 5.34. The number of rotatable bonds is 12. The zero-order valence-corrected chi connectivity index (χ0v) is 18.0. The van der Waals surface area contributed by atoms with E-state index in [-0.39, 0.29) is 24.2 Å². The second kappa shape index (κ2) is 11.6. The van der Waals surface area contributed by atoms with Crippen LogP contribution < -0.4 is 15.0 Å². The van der Waals surface area contributed by atoms with Gasteiger partial charge in [0.2, 0.25) is 5.91 Å². The number of amides is 2. The van der Waals surface area contributed by atoms with Crippen LogP contribution in [-0.4, -0.2) is 36.8 Å². The Balaban J connectivity index is 1.85. The molecule has 29 heavy (non-hydrogen) atoms. The number of ether oxygens (including phenoxy) is 1. The number of carbonyl (C=O) groups is 3. The van der Waals surface area contributed by atoms with E-state index in [9.17, 15) is 14.4 Å². The molecule has 1 aromatic carbocycles. The van der Waals surface area contributed by atoms with Crippen LogP contribution in [-0.2, 0) is 9.59 Å². The van der Waals surface area contributed by atoms with E-state index >= 15 is 0 Å². The van der Waals surface area contributed by atoms with Crippen LogP contribution in [0.2, 0.25) is 0 Å². The van der Waals surface area contributed by atoms with E-state index in [2.05, 4.69) is 12.2 Å². The summed E-state index contributed by atoms with van der Waals surface area (Å²) in [7, 11) is 0. The number of anilines is 1. The highest BCUT2D eigenvalue weighted by Crippen LogP contribution is 2.34. The van der Waals surface area contributed by atoms with Gasteiger partial charge in [0.05, 0.1) is 5.69 Å². The summed E-state index contributed by atoms with van der Waals surface area (Å²) in [5.74, 6) is -0.0646. The molecular weight excluding hydrogens is 368 g/mol. The normalized spacial score (nSPS) is 14.2. The number of fused-ring (bicyclic) bond motifs is 1. The predicted molar refractivity (Wildman–Crippen MR) is 115 cm³/mol. The molecule has 0 saturated carbocycles. The van der Waals surface area contributed by atoms with Crippen LogP contribution in [0.15, 0.2) is 18.2 Å². The summed E-state index contributed by atoms with van der Waals surface area (Å²) >= 11 is 0. The molecule has 160 valence electrons. The molecule has 0 aliphatic carbocycles. The average molecular weight is 403 g/mol. The molecule has 1 aliphatic heterocycles. The van der Waals surface area contributed by atoms with Crippen molar-refractivity contribution in [3.05, 3.63) is 23.8 Å². The average Bonchev–Trinajstić information content (AvgIpc) is 2.71. The molecule has 1 N–H and O–H groups in total. The Labute approximate surface area is 174 Å². The number of unbranched alkanes of at least 4 members (excludes halogenated alkanes) is 7. The highest BCUT2D eigenvalue weighted by atomic mass is 16.5. The van der Waals surface area contributed by atoms with Gasteiger partial charge in [-0.1, -0.05) is 51.9 Å². The lowest BCUT2D eigenvalue weighted by Crippen LogP contribution is -2.51. The van der Waals surface area contributed by atoms with Crippen molar-refractivity contribution in [2.45, 2.75) is 78.2 Å². The quantitative estimate of drug-likeness (QED) is 0.419. The minimum atomic E-state index is -0.665. The molecule has 0 bridgehead atoms. The third kappa shape index (κ3) is 6.58. The number of carbonyl (C=O) groups excluding carboxylic acids is 3. The summed E-state index contributed by atoms with van der Waals surface area (Å²) in [5, 5.41) is 2.94. The van der Waals surface area contributed by atoms with Crippen LogP contribution in [0.3, 0.4) is 0 Å². The van der Waals surface area contributed by atoms with Crippen LogP contribution >= 0.6 is 0 Å². The Morgan fingerprint density at radius 3 is 2.41 bits per heavy atom. The molecule has 2 rings (SSSR count). The van der Waals surface area contributed by atoms with Crippen LogP contribution in [0, 0.1) is 0 Å². The molecule has 1 aliphatic rings. The molecule has 0 radical (unpaired) electrons. The molecule has 1 atom stereocenters. The summed E-state index contributed by atoms with van der Waals surface area (Å²) < 4.78 is 5.46. The summed E-state index contributed by atoms with van der Waals surface area (Å²) in [5.41, 5.74) is 0.960. The van der Waals surface area contributed by atoms with Crippen molar-refractivity contribution in [2.75, 3.05) is 18.1 Å². The highest BCUT2D eigenvalue weighted by molar-refractivity contribution is 6.05. The molecule has 1 aromatic rings. The smallest absolute Gasteiger partial charge is 0.265 e. The van der Waals surface area contributed by atoms with Crippen LogP contribution in [0.5, 0.6) is 5.75 Å². The van der Waals surface area contributed by atoms with Gasteiger partial charge in [-0.15, -0.1) is 0 Å². The van der Waals surface area contributed by atoms with Crippen molar-refractivity contribution >= 4 is 23.3 Å². The Hall–Kier alpha value is -2.37. The van der Waals surface area contributed by atoms with Crippen LogP contribution in [0.4, 0.5) is 5.69 Å². The second-order valence-corrected chi connectivity index (χ2v) is 7.73. The molecule has 0 fully saturated rings. The standard InChI is InChI=1S/C23H34N2O4/c1-4-5-6-7-8-9-10-11-14-24-23(28)17(2)25-20-15-19(18(3)26)12-13-21(20)29-16-22(25)27/h12-13,15,17H,4-11,14,16H2,1-3H3,(H,24,28). The molecule has 1 unspecified atom stereocenters. The molecule has 6 nitrogen and oxygen atoms in total. The van der Waals surface area contributed by atoms with E-state index in [4.69, 9.17) is 4.74 Å². The van der Waals surface area contributed by atoms with E-state index in [0.717, 1.165) is 12.8 Å². The Morgan fingerprint density at radius 2 is 1.76 bits per heavy atom. The van der Waals surface area contributed by atoms with Gasteiger partial charge in [-0.25, -0.2) is 0 Å². The van der Waals surface area contributed by atoms with Crippen molar-refractivity contribution in [3.8, 4) is 5.75 Å². The summed E-state index contributed by atoms with van der Waals surface area (Å²) in [6.45, 7) is 5.89. The van der Waals surface area contributed by atoms with E-state index in [0.29, 0.717) is 23.5 Å². The minimum Gasteiger partial charge on any atom is -0.482 e. The molecule has 0 saturated heterocycles. The minimum absolute atomic E-state index is 0.0995. The molecule has 1 heterocycles. The van der Waals surface area contributed by atoms with Gasteiger partial charge in [0, 0.05) is 12.1 Å². The van der Waals surface area contributed by atoms with Crippen molar-refractivity contribution in [1.82, 2.24) is 5.32 Å². The Morgan fingerprint density at radius 1 is 1.10 bits per heavy atom. The lowest BCUT2D eigenvalue weighted by atomic mass is 10.1. The number of nitrogens with one attached hydrogen (secondary N) is 1. The van der Waals surface area contributed by atoms with Crippen LogP contribution in [0.25, 0.3) is 0 Å². The molecule has 0 aromatic heterocycles. The summed E-state index contributed by atoms with van der Waals surface area (Å²) in [6, 6.07) is 4.30. The molecule has 2 amide bonds. The number of nitrogens with zero attached hydrogens (tertiary/aromatic N) is 1. The fourth-order valence-corrected chi connectivity index (χ4v) is 3.55. The fourth-order valence-electron chi connectivity index (χ4n) is 3.55. The number of ketones is 1. The topological polar surface area (TPSA) is 75.7 Å². The predicted octanol–water partition coefficient (Wildman–Crippen LogP) is 4.26. The van der Waals surface area contributed by atoms with Crippen molar-refractivity contribution in [3.63, 3.8) is 0 Å². The number of hydrogen-bond donors (Lipinski definition) is 1. The lowest BCUT2D eigenvalue weighted by molar-refractivity contribution is -0.127. The van der Waals surface area contributed by atoms with Gasteiger partial charge in [0.15, 0.2) is 12.4 Å². The summed E-state index contributed by atoms with van der Waals surface area (Å²) in [6.07, 6.45) is 9.65. The van der Waals surface area contributed by atoms with Gasteiger partial charge in [-0.2, -0.15) is 0 Å². The highest BCUT2D eigenvalue weighted by Gasteiger charge is 2.33. The van der Waals surface area contributed by atoms with E-state index in [1.807, 2.05) is 0 Å². The first-order valence-corrected chi connectivity index (χ1v) is 10.8. The van der Waals surface area contributed by atoms with E-state index < -0.39 is 6.04 Å². The lowest BCUT2D eigenvalue weighted by Gasteiger charge is -2.33. The van der Waals surface area contributed by atoms with E-state index in [1.165, 1.54) is 50.3 Å². The fraction of sp³-hybridized carbons (Fsp3) is 0.609. The Bertz CT molecular complexity index is 717.